The van der Waals surface area contributed by atoms with Crippen LogP contribution in [0, 0.1) is 0 Å². The Morgan fingerprint density at radius 2 is 1.25 bits per heavy atom. The average molecular weight is 313 g/mol. The van der Waals surface area contributed by atoms with E-state index in [1.165, 1.54) is 0 Å². The Kier molecular flexibility index (Phi) is 4.87. The highest BCUT2D eigenvalue weighted by Gasteiger charge is 2.05. The number of benzene rings is 3. The van der Waals surface area contributed by atoms with E-state index in [0.29, 0.717) is 0 Å². The van der Waals surface area contributed by atoms with Crippen LogP contribution in [-0.2, 0) is 0 Å². The molecule has 0 aliphatic rings. The number of anilines is 2. The van der Waals surface area contributed by atoms with Gasteiger partial charge in [0.1, 0.15) is 0 Å². The highest BCUT2D eigenvalue weighted by atomic mass is 16.1. The number of nitrogens with zero attached hydrogens (tertiary/aromatic N) is 1. The molecule has 0 aliphatic heterocycles. The van der Waals surface area contributed by atoms with Gasteiger partial charge in [0.05, 0.1) is 0 Å². The molecule has 118 valence electrons. The molecule has 0 aliphatic carbocycles. The first-order valence-corrected chi connectivity index (χ1v) is 7.92. The second-order valence-electron chi connectivity index (χ2n) is 5.54. The van der Waals surface area contributed by atoms with Crippen molar-refractivity contribution in [2.75, 3.05) is 4.90 Å². The Morgan fingerprint density at radius 3 is 1.71 bits per heavy atom. The van der Waals surface area contributed by atoms with Crippen LogP contribution in [0.25, 0.3) is 6.08 Å². The van der Waals surface area contributed by atoms with Crippen LogP contribution in [-0.4, -0.2) is 5.78 Å². The molecule has 3 rings (SSSR count). The molecule has 0 N–H and O–H groups in total. The predicted octanol–water partition coefficient (Wildman–Crippen LogP) is 5.70. The Balaban J connectivity index is 1.90. The molecular formula is C22H19NO. The average Bonchev–Trinajstić information content (AvgIpc) is 2.64. The molecule has 0 radical (unpaired) electrons. The van der Waals surface area contributed by atoms with Crippen LogP contribution in [0.2, 0.25) is 0 Å². The minimum absolute atomic E-state index is 0.0840. The minimum atomic E-state index is 0.0840. The van der Waals surface area contributed by atoms with Gasteiger partial charge in [0.2, 0.25) is 0 Å². The summed E-state index contributed by atoms with van der Waals surface area (Å²) in [4.78, 5) is 13.5. The van der Waals surface area contributed by atoms with Crippen LogP contribution in [0.1, 0.15) is 22.8 Å². The van der Waals surface area contributed by atoms with Crippen LogP contribution < -0.4 is 4.90 Å². The third-order valence-corrected chi connectivity index (χ3v) is 3.80. The third kappa shape index (κ3) is 3.79. The van der Waals surface area contributed by atoms with Crippen molar-refractivity contribution in [3.05, 3.63) is 102 Å². The molecule has 0 amide bonds. The SMILES string of the molecule is CC(=O)c1ccc(C=CN(c2ccccc2)c2ccccc2)cc1. The first-order chi connectivity index (χ1) is 11.7. The summed E-state index contributed by atoms with van der Waals surface area (Å²) in [5.41, 5.74) is 3.98. The van der Waals surface area contributed by atoms with Gasteiger partial charge in [0.25, 0.3) is 0 Å². The van der Waals surface area contributed by atoms with Gasteiger partial charge in [-0.05, 0) is 42.8 Å². The second kappa shape index (κ2) is 7.42. The molecule has 0 fully saturated rings. The van der Waals surface area contributed by atoms with Gasteiger partial charge in [0.15, 0.2) is 5.78 Å². The lowest BCUT2D eigenvalue weighted by molar-refractivity contribution is 0.101. The zero-order valence-corrected chi connectivity index (χ0v) is 13.6. The van der Waals surface area contributed by atoms with Crippen LogP contribution in [0.4, 0.5) is 11.4 Å². The van der Waals surface area contributed by atoms with E-state index in [-0.39, 0.29) is 5.78 Å². The molecule has 0 atom stereocenters. The van der Waals surface area contributed by atoms with Gasteiger partial charge in [-0.25, -0.2) is 0 Å². The molecule has 0 bridgehead atoms. The van der Waals surface area contributed by atoms with Gasteiger partial charge >= 0.3 is 0 Å². The quantitative estimate of drug-likeness (QED) is 0.563. The molecule has 2 nitrogen and oxygen atoms in total. The fourth-order valence-corrected chi connectivity index (χ4v) is 2.49. The highest BCUT2D eigenvalue weighted by molar-refractivity contribution is 5.94. The van der Waals surface area contributed by atoms with Crippen molar-refractivity contribution in [2.45, 2.75) is 6.92 Å². The summed E-state index contributed by atoms with van der Waals surface area (Å²) >= 11 is 0. The van der Waals surface area contributed by atoms with Crippen molar-refractivity contribution in [2.24, 2.45) is 0 Å². The maximum absolute atomic E-state index is 11.4. The standard InChI is InChI=1S/C22H19NO/c1-18(24)20-14-12-19(13-15-20)16-17-23(21-8-4-2-5-9-21)22-10-6-3-7-11-22/h2-17H,1H3. The summed E-state index contributed by atoms with van der Waals surface area (Å²) in [5, 5.41) is 0. The third-order valence-electron chi connectivity index (χ3n) is 3.80. The molecule has 0 heterocycles. The Labute approximate surface area is 142 Å². The summed E-state index contributed by atoms with van der Waals surface area (Å²) in [7, 11) is 0. The van der Waals surface area contributed by atoms with E-state index in [2.05, 4.69) is 29.2 Å². The van der Waals surface area contributed by atoms with Crippen LogP contribution in [0.3, 0.4) is 0 Å². The number of carbonyl (C=O) groups excluding carboxylic acids is 1. The molecule has 0 saturated heterocycles. The van der Waals surface area contributed by atoms with E-state index in [4.69, 9.17) is 0 Å². The Morgan fingerprint density at radius 1 is 0.750 bits per heavy atom. The number of para-hydroxylation sites is 2. The zero-order chi connectivity index (χ0) is 16.8. The summed E-state index contributed by atoms with van der Waals surface area (Å²) < 4.78 is 0. The summed E-state index contributed by atoms with van der Waals surface area (Å²) in [5.74, 6) is 0.0840. The van der Waals surface area contributed by atoms with Crippen molar-refractivity contribution in [3.8, 4) is 0 Å². The molecule has 0 saturated carbocycles. The van der Waals surface area contributed by atoms with Crippen LogP contribution in [0.15, 0.2) is 91.1 Å². The van der Waals surface area contributed by atoms with Gasteiger partial charge in [-0.1, -0.05) is 60.7 Å². The van der Waals surface area contributed by atoms with E-state index in [1.807, 2.05) is 72.9 Å². The van der Waals surface area contributed by atoms with Gasteiger partial charge in [-0.2, -0.15) is 0 Å². The topological polar surface area (TPSA) is 20.3 Å². The van der Waals surface area contributed by atoms with Gasteiger partial charge in [-0.3, -0.25) is 4.79 Å². The Hall–Kier alpha value is -3.13. The number of ketones is 1. The first kappa shape index (κ1) is 15.8. The molecule has 24 heavy (non-hydrogen) atoms. The fraction of sp³-hybridized carbons (Fsp3) is 0.0455. The molecule has 3 aromatic rings. The maximum Gasteiger partial charge on any atom is 0.159 e. The molecule has 3 aromatic carbocycles. The molecule has 2 heteroatoms. The maximum atomic E-state index is 11.4. The van der Waals surface area contributed by atoms with Crippen molar-refractivity contribution >= 4 is 23.2 Å². The molecular weight excluding hydrogens is 294 g/mol. The summed E-state index contributed by atoms with van der Waals surface area (Å²) in [6.07, 6.45) is 4.09. The van der Waals surface area contributed by atoms with Gasteiger partial charge < -0.3 is 4.90 Å². The molecule has 0 aromatic heterocycles. The van der Waals surface area contributed by atoms with Gasteiger partial charge in [-0.15, -0.1) is 0 Å². The van der Waals surface area contributed by atoms with Crippen LogP contribution >= 0.6 is 0 Å². The lowest BCUT2D eigenvalue weighted by atomic mass is 10.1. The normalized spacial score (nSPS) is 10.7. The van der Waals surface area contributed by atoms with Crippen LogP contribution in [0.5, 0.6) is 0 Å². The smallest absolute Gasteiger partial charge is 0.159 e. The fourth-order valence-electron chi connectivity index (χ4n) is 2.49. The molecule has 0 unspecified atom stereocenters. The summed E-state index contributed by atoms with van der Waals surface area (Å²) in [6, 6.07) is 28.1. The summed E-state index contributed by atoms with van der Waals surface area (Å²) in [6.45, 7) is 1.58. The van der Waals surface area contributed by atoms with E-state index in [1.54, 1.807) is 6.92 Å². The Bertz CT molecular complexity index is 781. The van der Waals surface area contributed by atoms with Crippen molar-refractivity contribution in [1.29, 1.82) is 0 Å². The van der Waals surface area contributed by atoms with Crippen molar-refractivity contribution in [3.63, 3.8) is 0 Å². The monoisotopic (exact) mass is 313 g/mol. The lowest BCUT2D eigenvalue weighted by Gasteiger charge is -2.20. The lowest BCUT2D eigenvalue weighted by Crippen LogP contribution is -2.07. The first-order valence-electron chi connectivity index (χ1n) is 7.92. The van der Waals surface area contributed by atoms with E-state index in [0.717, 1.165) is 22.5 Å². The number of Topliss-reactive ketones (excluding diaryl/α,β-unsaturated/α-hetero) is 1. The number of hydrogen-bond acceptors (Lipinski definition) is 2. The van der Waals surface area contributed by atoms with E-state index >= 15 is 0 Å². The minimum Gasteiger partial charge on any atom is -0.317 e. The predicted molar refractivity (Wildman–Crippen MR) is 101 cm³/mol. The largest absolute Gasteiger partial charge is 0.317 e. The highest BCUT2D eigenvalue weighted by Crippen LogP contribution is 2.25. The van der Waals surface area contributed by atoms with E-state index in [9.17, 15) is 4.79 Å². The number of rotatable bonds is 5. The number of carbonyl (C=O) groups is 1. The second-order valence-corrected chi connectivity index (χ2v) is 5.54. The van der Waals surface area contributed by atoms with Crippen molar-refractivity contribution in [1.82, 2.24) is 0 Å². The van der Waals surface area contributed by atoms with Gasteiger partial charge in [0, 0.05) is 23.1 Å². The number of hydrogen-bond donors (Lipinski definition) is 0. The van der Waals surface area contributed by atoms with E-state index < -0.39 is 0 Å². The zero-order valence-electron chi connectivity index (χ0n) is 13.6. The van der Waals surface area contributed by atoms with Crippen molar-refractivity contribution < 1.29 is 4.79 Å². The molecule has 0 spiro atoms.